The lowest BCUT2D eigenvalue weighted by atomic mass is 9.85. The van der Waals surface area contributed by atoms with Crippen LogP contribution in [0.1, 0.15) is 45.1 Å². The van der Waals surface area contributed by atoms with Crippen LogP contribution < -0.4 is 16.4 Å². The number of nitrogens with two attached hydrogens (primary N) is 1. The number of carbonyl (C=O) groups is 1. The lowest BCUT2D eigenvalue weighted by molar-refractivity contribution is -0.122. The van der Waals surface area contributed by atoms with Gasteiger partial charge < -0.3 is 21.1 Å². The number of amides is 1. The van der Waals surface area contributed by atoms with Gasteiger partial charge in [-0.2, -0.15) is 4.98 Å². The van der Waals surface area contributed by atoms with E-state index in [0.29, 0.717) is 75.8 Å². The Hall–Kier alpha value is -2.33. The molecule has 36 heavy (non-hydrogen) atoms. The Morgan fingerprint density at radius 3 is 2.50 bits per heavy atom. The zero-order valence-electron chi connectivity index (χ0n) is 19.8. The maximum Gasteiger partial charge on any atom is 0.224 e. The van der Waals surface area contributed by atoms with Crippen LogP contribution in [0.15, 0.2) is 18.3 Å². The summed E-state index contributed by atoms with van der Waals surface area (Å²) in [5, 5.41) is 7.98. The number of aromatic nitrogens is 4. The van der Waals surface area contributed by atoms with Crippen molar-refractivity contribution in [3.05, 3.63) is 33.4 Å². The van der Waals surface area contributed by atoms with Crippen molar-refractivity contribution < 1.29 is 9.53 Å². The molecule has 1 aromatic carbocycles. The van der Waals surface area contributed by atoms with Crippen LogP contribution in [0, 0.1) is 11.8 Å². The van der Waals surface area contributed by atoms with E-state index in [2.05, 4.69) is 27.1 Å². The van der Waals surface area contributed by atoms with Crippen molar-refractivity contribution in [1.29, 1.82) is 0 Å². The molecule has 9 nitrogen and oxygen atoms in total. The summed E-state index contributed by atoms with van der Waals surface area (Å²) >= 11 is 19.0. The Morgan fingerprint density at radius 1 is 1.11 bits per heavy atom. The number of ether oxygens (including phenoxy) is 1. The van der Waals surface area contributed by atoms with Gasteiger partial charge in [-0.15, -0.1) is 0 Å². The first-order valence-electron chi connectivity index (χ1n) is 12.1. The van der Waals surface area contributed by atoms with Gasteiger partial charge in [0.15, 0.2) is 5.65 Å². The van der Waals surface area contributed by atoms with Gasteiger partial charge in [0.25, 0.3) is 0 Å². The first-order valence-corrected chi connectivity index (χ1v) is 13.2. The topological polar surface area (TPSA) is 120 Å². The van der Waals surface area contributed by atoms with Gasteiger partial charge in [-0.3, -0.25) is 9.36 Å². The molecule has 0 bridgehead atoms. The number of rotatable bonds is 6. The molecule has 0 unspecified atom stereocenters. The number of fused-ring (bicyclic) bond motifs is 1. The SMILES string of the molecule is C[C@H]1COCC[C@@H]1Nc1ncc2nc(Nc3c(Cl)cc(Cl)cc3Cl)n([C@H]3CC[C@@H](C(N)=O)CC3)c2n1. The second-order valence-electron chi connectivity index (χ2n) is 9.58. The Balaban J connectivity index is 1.53. The van der Waals surface area contributed by atoms with E-state index in [9.17, 15) is 4.79 Å². The fourth-order valence-corrected chi connectivity index (χ4v) is 5.96. The van der Waals surface area contributed by atoms with Crippen molar-refractivity contribution in [3.63, 3.8) is 0 Å². The molecule has 2 atom stereocenters. The molecule has 1 amide bonds. The number of hydrogen-bond donors (Lipinski definition) is 3. The summed E-state index contributed by atoms with van der Waals surface area (Å²) in [5.41, 5.74) is 7.41. The summed E-state index contributed by atoms with van der Waals surface area (Å²) in [6.45, 7) is 3.57. The van der Waals surface area contributed by atoms with Crippen molar-refractivity contribution in [2.75, 3.05) is 23.8 Å². The van der Waals surface area contributed by atoms with E-state index in [1.165, 1.54) is 0 Å². The van der Waals surface area contributed by atoms with E-state index in [1.54, 1.807) is 18.3 Å². The van der Waals surface area contributed by atoms with Crippen LogP contribution in [0.2, 0.25) is 15.1 Å². The Bertz CT molecular complexity index is 1250. The fourth-order valence-electron chi connectivity index (χ4n) is 5.05. The number of nitrogens with zero attached hydrogens (tertiary/aromatic N) is 4. The minimum Gasteiger partial charge on any atom is -0.381 e. The second kappa shape index (κ2) is 10.6. The fraction of sp³-hybridized carbons (Fsp3) is 0.500. The van der Waals surface area contributed by atoms with E-state index in [1.807, 2.05) is 0 Å². The molecule has 1 aliphatic carbocycles. The van der Waals surface area contributed by atoms with Gasteiger partial charge in [-0.05, 0) is 50.2 Å². The molecule has 2 aromatic heterocycles. The first-order chi connectivity index (χ1) is 17.3. The normalized spacial score (nSPS) is 24.6. The van der Waals surface area contributed by atoms with Crippen LogP contribution in [0.25, 0.3) is 11.2 Å². The van der Waals surface area contributed by atoms with Gasteiger partial charge in [0.05, 0.1) is 28.5 Å². The maximum atomic E-state index is 11.7. The highest BCUT2D eigenvalue weighted by Crippen LogP contribution is 2.40. The highest BCUT2D eigenvalue weighted by molar-refractivity contribution is 6.41. The number of benzene rings is 1. The van der Waals surface area contributed by atoms with Crippen LogP contribution in [0.3, 0.4) is 0 Å². The highest BCUT2D eigenvalue weighted by Gasteiger charge is 2.30. The van der Waals surface area contributed by atoms with E-state index < -0.39 is 0 Å². The van der Waals surface area contributed by atoms with Crippen LogP contribution in [0.4, 0.5) is 17.6 Å². The summed E-state index contributed by atoms with van der Waals surface area (Å²) in [7, 11) is 0. The number of primary amides is 1. The Kier molecular flexibility index (Phi) is 7.44. The lowest BCUT2D eigenvalue weighted by Gasteiger charge is -2.30. The predicted molar refractivity (Wildman–Crippen MR) is 142 cm³/mol. The van der Waals surface area contributed by atoms with Crippen molar-refractivity contribution in [3.8, 4) is 0 Å². The van der Waals surface area contributed by atoms with Crippen LogP contribution in [-0.2, 0) is 9.53 Å². The second-order valence-corrected chi connectivity index (χ2v) is 10.8. The molecule has 1 aliphatic heterocycles. The van der Waals surface area contributed by atoms with Gasteiger partial charge in [0, 0.05) is 29.6 Å². The summed E-state index contributed by atoms with van der Waals surface area (Å²) in [4.78, 5) is 25.9. The lowest BCUT2D eigenvalue weighted by Crippen LogP contribution is -2.36. The quantitative estimate of drug-likeness (QED) is 0.365. The minimum atomic E-state index is -0.249. The molecule has 3 aromatic rings. The van der Waals surface area contributed by atoms with Crippen LogP contribution >= 0.6 is 34.8 Å². The van der Waals surface area contributed by atoms with Gasteiger partial charge in [0.1, 0.15) is 5.52 Å². The molecule has 0 radical (unpaired) electrons. The highest BCUT2D eigenvalue weighted by atomic mass is 35.5. The zero-order chi connectivity index (χ0) is 25.4. The predicted octanol–water partition coefficient (Wildman–Crippen LogP) is 5.58. The first kappa shape index (κ1) is 25.3. The molecular weight excluding hydrogens is 525 g/mol. The van der Waals surface area contributed by atoms with E-state index in [0.717, 1.165) is 19.3 Å². The molecular formula is C24H28Cl3N7O2. The molecule has 12 heteroatoms. The standard InChI is InChI=1S/C24H28Cl3N7O2/c1-12-11-36-7-6-18(12)30-23-29-10-19-22(33-23)34(15-4-2-13(3-5-15)21(28)35)24(31-19)32-20-16(26)8-14(25)9-17(20)27/h8-10,12-13,15,18H,2-7,11H2,1H3,(H2,28,35)(H,31,32)(H,29,30,33)/t12-,13-,15+,18-/m0/s1. The third kappa shape index (κ3) is 5.20. The van der Waals surface area contributed by atoms with E-state index >= 15 is 0 Å². The molecule has 1 saturated carbocycles. The number of anilines is 3. The van der Waals surface area contributed by atoms with Crippen molar-refractivity contribution in [2.45, 2.75) is 51.1 Å². The molecule has 1 saturated heterocycles. The van der Waals surface area contributed by atoms with Crippen molar-refractivity contribution in [2.24, 2.45) is 17.6 Å². The minimum absolute atomic E-state index is 0.0581. The van der Waals surface area contributed by atoms with Crippen molar-refractivity contribution >= 4 is 69.5 Å². The molecule has 0 spiro atoms. The summed E-state index contributed by atoms with van der Waals surface area (Å²) < 4.78 is 7.63. The largest absolute Gasteiger partial charge is 0.381 e. The van der Waals surface area contributed by atoms with E-state index in [-0.39, 0.29) is 23.9 Å². The number of imidazole rings is 1. The Morgan fingerprint density at radius 2 is 1.83 bits per heavy atom. The number of carbonyl (C=O) groups excluding carboxylic acids is 1. The smallest absolute Gasteiger partial charge is 0.224 e. The molecule has 2 fully saturated rings. The maximum absolute atomic E-state index is 11.7. The average Bonchev–Trinajstić information content (AvgIpc) is 3.20. The zero-order valence-corrected chi connectivity index (χ0v) is 22.1. The molecule has 192 valence electrons. The van der Waals surface area contributed by atoms with Gasteiger partial charge >= 0.3 is 0 Å². The average molecular weight is 553 g/mol. The van der Waals surface area contributed by atoms with Crippen LogP contribution in [-0.4, -0.2) is 44.7 Å². The molecule has 4 N–H and O–H groups in total. The van der Waals surface area contributed by atoms with Crippen molar-refractivity contribution in [1.82, 2.24) is 19.5 Å². The van der Waals surface area contributed by atoms with Crippen LogP contribution in [0.5, 0.6) is 0 Å². The third-order valence-corrected chi connectivity index (χ3v) is 7.91. The molecule has 2 aliphatic rings. The number of nitrogens with one attached hydrogen (secondary N) is 2. The summed E-state index contributed by atoms with van der Waals surface area (Å²) in [6.07, 6.45) is 5.55. The van der Waals surface area contributed by atoms with Gasteiger partial charge in [-0.1, -0.05) is 41.7 Å². The Labute approximate surface area is 224 Å². The van der Waals surface area contributed by atoms with Gasteiger partial charge in [0.2, 0.25) is 17.8 Å². The molecule has 5 rings (SSSR count). The third-order valence-electron chi connectivity index (χ3n) is 7.10. The number of hydrogen-bond acceptors (Lipinski definition) is 7. The monoisotopic (exact) mass is 551 g/mol. The summed E-state index contributed by atoms with van der Waals surface area (Å²) in [5.74, 6) is 1.07. The summed E-state index contributed by atoms with van der Waals surface area (Å²) in [6, 6.07) is 3.53. The van der Waals surface area contributed by atoms with Gasteiger partial charge in [-0.25, -0.2) is 9.97 Å². The van der Waals surface area contributed by atoms with E-state index in [4.69, 9.17) is 55.2 Å². The molecule has 3 heterocycles. The number of halogens is 3.